The second kappa shape index (κ2) is 7.22. The van der Waals surface area contributed by atoms with Gasteiger partial charge in [-0.25, -0.2) is 0 Å². The first-order valence-corrected chi connectivity index (χ1v) is 5.44. The molecule has 4 nitrogen and oxygen atoms in total. The zero-order chi connectivity index (χ0) is 11.8. The van der Waals surface area contributed by atoms with Gasteiger partial charge in [-0.2, -0.15) is 0 Å². The summed E-state index contributed by atoms with van der Waals surface area (Å²) in [4.78, 5) is 0. The van der Waals surface area contributed by atoms with E-state index in [-0.39, 0.29) is 12.6 Å². The summed E-state index contributed by atoms with van der Waals surface area (Å²) in [5, 5.41) is 12.2. The number of benzene rings is 1. The summed E-state index contributed by atoms with van der Waals surface area (Å²) in [6, 6.07) is 7.92. The van der Waals surface area contributed by atoms with Crippen molar-refractivity contribution in [1.82, 2.24) is 5.32 Å². The number of aliphatic hydroxyl groups is 1. The lowest BCUT2D eigenvalue weighted by molar-refractivity contribution is 0.148. The highest BCUT2D eigenvalue weighted by Crippen LogP contribution is 2.10. The summed E-state index contributed by atoms with van der Waals surface area (Å²) < 4.78 is 5.07. The van der Waals surface area contributed by atoms with Crippen LogP contribution in [-0.2, 0) is 11.3 Å². The van der Waals surface area contributed by atoms with Crippen molar-refractivity contribution in [1.29, 1.82) is 0 Å². The van der Waals surface area contributed by atoms with Crippen LogP contribution in [0.1, 0.15) is 12.0 Å². The Balaban J connectivity index is 2.45. The van der Waals surface area contributed by atoms with Gasteiger partial charge in [-0.3, -0.25) is 0 Å². The second-order valence-corrected chi connectivity index (χ2v) is 3.74. The van der Waals surface area contributed by atoms with E-state index in [0.29, 0.717) is 19.6 Å². The third-order valence-electron chi connectivity index (χ3n) is 2.48. The maximum Gasteiger partial charge on any atom is 0.0616 e. The van der Waals surface area contributed by atoms with Crippen LogP contribution in [0.3, 0.4) is 0 Å². The maximum atomic E-state index is 8.89. The first-order valence-electron chi connectivity index (χ1n) is 5.44. The van der Waals surface area contributed by atoms with Gasteiger partial charge in [0.15, 0.2) is 0 Å². The summed E-state index contributed by atoms with van der Waals surface area (Å²) in [7, 11) is 1.66. The van der Waals surface area contributed by atoms with Crippen molar-refractivity contribution >= 4 is 5.69 Å². The maximum absolute atomic E-state index is 8.89. The Morgan fingerprint density at radius 3 is 2.81 bits per heavy atom. The number of aliphatic hydroxyl groups excluding tert-OH is 1. The smallest absolute Gasteiger partial charge is 0.0616 e. The van der Waals surface area contributed by atoms with Gasteiger partial charge in [0.2, 0.25) is 0 Å². The number of nitrogens with one attached hydrogen (secondary N) is 1. The lowest BCUT2D eigenvalue weighted by Gasteiger charge is -2.17. The highest BCUT2D eigenvalue weighted by molar-refractivity contribution is 5.46. The van der Waals surface area contributed by atoms with E-state index in [1.54, 1.807) is 7.11 Å². The molecule has 1 rings (SSSR count). The molecule has 90 valence electrons. The molecule has 16 heavy (non-hydrogen) atoms. The summed E-state index contributed by atoms with van der Waals surface area (Å²) in [6.07, 6.45) is 0.681. The first-order chi connectivity index (χ1) is 7.77. The van der Waals surface area contributed by atoms with E-state index < -0.39 is 0 Å². The molecule has 0 saturated heterocycles. The number of anilines is 1. The van der Waals surface area contributed by atoms with E-state index in [0.717, 1.165) is 11.3 Å². The molecular formula is C12H20N2O2. The van der Waals surface area contributed by atoms with Crippen molar-refractivity contribution < 1.29 is 9.84 Å². The molecule has 1 aromatic rings. The average Bonchev–Trinajstić information content (AvgIpc) is 2.28. The molecule has 0 aromatic heterocycles. The Kier molecular flexibility index (Phi) is 5.85. The number of nitrogen functional groups attached to an aromatic ring is 1. The number of hydrogen-bond donors (Lipinski definition) is 3. The fourth-order valence-corrected chi connectivity index (χ4v) is 1.55. The molecule has 0 bridgehead atoms. The zero-order valence-corrected chi connectivity index (χ0v) is 9.65. The van der Waals surface area contributed by atoms with Crippen LogP contribution < -0.4 is 11.1 Å². The Bertz CT molecular complexity index is 299. The Morgan fingerprint density at radius 2 is 2.19 bits per heavy atom. The largest absolute Gasteiger partial charge is 0.398 e. The molecule has 0 aliphatic carbocycles. The van der Waals surface area contributed by atoms with Gasteiger partial charge in [0.1, 0.15) is 0 Å². The Morgan fingerprint density at radius 1 is 1.44 bits per heavy atom. The fraction of sp³-hybridized carbons (Fsp3) is 0.500. The fourth-order valence-electron chi connectivity index (χ4n) is 1.55. The van der Waals surface area contributed by atoms with E-state index >= 15 is 0 Å². The van der Waals surface area contributed by atoms with Gasteiger partial charge in [0.25, 0.3) is 0 Å². The van der Waals surface area contributed by atoms with Crippen molar-refractivity contribution in [3.05, 3.63) is 29.8 Å². The van der Waals surface area contributed by atoms with Crippen LogP contribution in [0.15, 0.2) is 24.3 Å². The van der Waals surface area contributed by atoms with E-state index in [1.807, 2.05) is 24.3 Å². The topological polar surface area (TPSA) is 67.5 Å². The molecular weight excluding hydrogens is 204 g/mol. The SMILES string of the molecule is COCC(CCO)NCc1ccccc1N. The molecule has 4 N–H and O–H groups in total. The number of para-hydroxylation sites is 1. The molecule has 1 unspecified atom stereocenters. The van der Waals surface area contributed by atoms with Gasteiger partial charge in [-0.15, -0.1) is 0 Å². The molecule has 4 heteroatoms. The minimum Gasteiger partial charge on any atom is -0.398 e. The lowest BCUT2D eigenvalue weighted by Crippen LogP contribution is -2.33. The number of ether oxygens (including phenoxy) is 1. The molecule has 0 radical (unpaired) electrons. The molecule has 0 saturated carbocycles. The molecule has 1 aromatic carbocycles. The van der Waals surface area contributed by atoms with Crippen LogP contribution >= 0.6 is 0 Å². The zero-order valence-electron chi connectivity index (χ0n) is 9.65. The third kappa shape index (κ3) is 4.18. The van der Waals surface area contributed by atoms with Gasteiger partial charge in [-0.05, 0) is 18.1 Å². The van der Waals surface area contributed by atoms with Gasteiger partial charge in [-0.1, -0.05) is 18.2 Å². The normalized spacial score (nSPS) is 12.6. The standard InChI is InChI=1S/C12H20N2O2/c1-16-9-11(6-7-15)14-8-10-4-2-3-5-12(10)13/h2-5,11,14-15H,6-9,13H2,1H3. The summed E-state index contributed by atoms with van der Waals surface area (Å²) in [6.45, 7) is 1.44. The van der Waals surface area contributed by atoms with Crippen molar-refractivity contribution in [2.45, 2.75) is 19.0 Å². The third-order valence-corrected chi connectivity index (χ3v) is 2.48. The average molecular weight is 224 g/mol. The molecule has 0 spiro atoms. The summed E-state index contributed by atoms with van der Waals surface area (Å²) in [5.41, 5.74) is 7.69. The summed E-state index contributed by atoms with van der Waals surface area (Å²) in [5.74, 6) is 0. The number of rotatable bonds is 7. The van der Waals surface area contributed by atoms with E-state index in [1.165, 1.54) is 0 Å². The van der Waals surface area contributed by atoms with Crippen LogP contribution in [0.2, 0.25) is 0 Å². The van der Waals surface area contributed by atoms with E-state index in [4.69, 9.17) is 15.6 Å². The molecule has 0 heterocycles. The first kappa shape index (κ1) is 13.0. The van der Waals surface area contributed by atoms with Crippen LogP contribution in [-0.4, -0.2) is 31.5 Å². The molecule has 0 fully saturated rings. The highest BCUT2D eigenvalue weighted by atomic mass is 16.5. The minimum atomic E-state index is 0.158. The monoisotopic (exact) mass is 224 g/mol. The highest BCUT2D eigenvalue weighted by Gasteiger charge is 2.07. The predicted octanol–water partition coefficient (Wildman–Crippen LogP) is 0.756. The quantitative estimate of drug-likeness (QED) is 0.598. The van der Waals surface area contributed by atoms with E-state index in [9.17, 15) is 0 Å². The van der Waals surface area contributed by atoms with E-state index in [2.05, 4.69) is 5.32 Å². The van der Waals surface area contributed by atoms with Gasteiger partial charge >= 0.3 is 0 Å². The Labute approximate surface area is 96.4 Å². The summed E-state index contributed by atoms with van der Waals surface area (Å²) >= 11 is 0. The number of methoxy groups -OCH3 is 1. The molecule has 0 amide bonds. The van der Waals surface area contributed by atoms with Crippen molar-refractivity contribution in [3.63, 3.8) is 0 Å². The van der Waals surface area contributed by atoms with Gasteiger partial charge < -0.3 is 20.9 Å². The lowest BCUT2D eigenvalue weighted by atomic mass is 10.1. The Hall–Kier alpha value is -1.10. The van der Waals surface area contributed by atoms with Crippen LogP contribution in [0, 0.1) is 0 Å². The van der Waals surface area contributed by atoms with Crippen LogP contribution in [0.25, 0.3) is 0 Å². The molecule has 1 atom stereocenters. The molecule has 0 aliphatic rings. The van der Waals surface area contributed by atoms with Crippen LogP contribution in [0.5, 0.6) is 0 Å². The van der Waals surface area contributed by atoms with Crippen molar-refractivity contribution in [3.8, 4) is 0 Å². The predicted molar refractivity (Wildman–Crippen MR) is 65.1 cm³/mol. The van der Waals surface area contributed by atoms with Crippen molar-refractivity contribution in [2.75, 3.05) is 26.1 Å². The number of nitrogens with two attached hydrogens (primary N) is 1. The molecule has 0 aliphatic heterocycles. The van der Waals surface area contributed by atoms with Gasteiger partial charge in [0.05, 0.1) is 6.61 Å². The number of hydrogen-bond acceptors (Lipinski definition) is 4. The van der Waals surface area contributed by atoms with Crippen molar-refractivity contribution in [2.24, 2.45) is 0 Å². The minimum absolute atomic E-state index is 0.158. The van der Waals surface area contributed by atoms with Crippen LogP contribution in [0.4, 0.5) is 5.69 Å². The second-order valence-electron chi connectivity index (χ2n) is 3.74. The van der Waals surface area contributed by atoms with Gasteiger partial charge in [0, 0.05) is 32.0 Å².